The minimum Gasteiger partial charge on any atom is -0.375 e. The number of amides is 1. The number of halogens is 1. The van der Waals surface area contributed by atoms with E-state index < -0.39 is 0 Å². The lowest BCUT2D eigenvalue weighted by Crippen LogP contribution is -2.22. The quantitative estimate of drug-likeness (QED) is 0.892. The van der Waals surface area contributed by atoms with E-state index in [-0.39, 0.29) is 12.5 Å². The van der Waals surface area contributed by atoms with Gasteiger partial charge in [0.25, 0.3) is 0 Å². The van der Waals surface area contributed by atoms with E-state index in [0.717, 1.165) is 16.9 Å². The van der Waals surface area contributed by atoms with E-state index in [0.29, 0.717) is 5.02 Å². The van der Waals surface area contributed by atoms with Crippen molar-refractivity contribution in [1.29, 1.82) is 0 Å². The number of carbonyl (C=O) groups excluding carboxylic acids is 1. The molecule has 0 unspecified atom stereocenters. The Hall–Kier alpha value is -2.00. The summed E-state index contributed by atoms with van der Waals surface area (Å²) in [6, 6.07) is 13.3. The van der Waals surface area contributed by atoms with Crippen molar-refractivity contribution < 1.29 is 4.79 Å². The van der Waals surface area contributed by atoms with E-state index >= 15 is 0 Å². The van der Waals surface area contributed by atoms with E-state index in [4.69, 9.17) is 11.6 Å². The van der Waals surface area contributed by atoms with Crippen molar-refractivity contribution in [2.75, 3.05) is 17.2 Å². The maximum atomic E-state index is 11.9. The van der Waals surface area contributed by atoms with Crippen LogP contribution >= 0.6 is 11.6 Å². The van der Waals surface area contributed by atoms with Gasteiger partial charge in [0.2, 0.25) is 5.91 Å². The third kappa shape index (κ3) is 3.75. The van der Waals surface area contributed by atoms with Gasteiger partial charge >= 0.3 is 0 Å². The Kier molecular flexibility index (Phi) is 4.64. The van der Waals surface area contributed by atoms with Gasteiger partial charge in [0.15, 0.2) is 0 Å². The Labute approximate surface area is 124 Å². The summed E-state index contributed by atoms with van der Waals surface area (Å²) in [5.74, 6) is -0.100. The second-order valence-corrected chi connectivity index (χ2v) is 5.11. The molecule has 2 N–H and O–H groups in total. The highest BCUT2D eigenvalue weighted by molar-refractivity contribution is 6.33. The molecule has 0 aliphatic carbocycles. The number of para-hydroxylation sites is 1. The fourth-order valence-corrected chi connectivity index (χ4v) is 2.13. The van der Waals surface area contributed by atoms with Crippen molar-refractivity contribution in [2.24, 2.45) is 0 Å². The van der Waals surface area contributed by atoms with Gasteiger partial charge in [-0.3, -0.25) is 4.79 Å². The van der Waals surface area contributed by atoms with Crippen molar-refractivity contribution in [3.63, 3.8) is 0 Å². The summed E-state index contributed by atoms with van der Waals surface area (Å²) in [6.45, 7) is 4.18. The van der Waals surface area contributed by atoms with Gasteiger partial charge in [-0.25, -0.2) is 0 Å². The number of carbonyl (C=O) groups is 1. The van der Waals surface area contributed by atoms with Crippen LogP contribution in [0.4, 0.5) is 11.4 Å². The molecule has 104 valence electrons. The van der Waals surface area contributed by atoms with Crippen LogP contribution < -0.4 is 10.6 Å². The summed E-state index contributed by atoms with van der Waals surface area (Å²) < 4.78 is 0. The largest absolute Gasteiger partial charge is 0.375 e. The lowest BCUT2D eigenvalue weighted by Gasteiger charge is -2.11. The van der Waals surface area contributed by atoms with E-state index in [1.807, 2.05) is 50.2 Å². The average Bonchev–Trinajstić information content (AvgIpc) is 2.41. The van der Waals surface area contributed by atoms with Gasteiger partial charge in [0.05, 0.1) is 17.3 Å². The topological polar surface area (TPSA) is 41.1 Å². The van der Waals surface area contributed by atoms with Crippen LogP contribution in [-0.4, -0.2) is 12.5 Å². The summed E-state index contributed by atoms with van der Waals surface area (Å²) in [5.41, 5.74) is 3.82. The van der Waals surface area contributed by atoms with Crippen LogP contribution in [-0.2, 0) is 4.79 Å². The van der Waals surface area contributed by atoms with Crippen LogP contribution in [0.25, 0.3) is 0 Å². The van der Waals surface area contributed by atoms with Crippen molar-refractivity contribution in [3.8, 4) is 0 Å². The lowest BCUT2D eigenvalue weighted by atomic mass is 10.1. The third-order valence-corrected chi connectivity index (χ3v) is 3.30. The first-order valence-electron chi connectivity index (χ1n) is 6.42. The van der Waals surface area contributed by atoms with Gasteiger partial charge in [-0.1, -0.05) is 41.4 Å². The smallest absolute Gasteiger partial charge is 0.243 e. The molecule has 2 rings (SSSR count). The number of aryl methyl sites for hydroxylation is 2. The number of hydrogen-bond acceptors (Lipinski definition) is 2. The van der Waals surface area contributed by atoms with Crippen LogP contribution in [0.2, 0.25) is 5.02 Å². The first-order valence-corrected chi connectivity index (χ1v) is 6.79. The summed E-state index contributed by atoms with van der Waals surface area (Å²) in [4.78, 5) is 11.9. The Morgan fingerprint density at radius 2 is 1.85 bits per heavy atom. The predicted octanol–water partition coefficient (Wildman–Crippen LogP) is 4.01. The van der Waals surface area contributed by atoms with Gasteiger partial charge in [-0.05, 0) is 37.6 Å². The molecule has 0 atom stereocenters. The molecule has 0 spiro atoms. The monoisotopic (exact) mass is 288 g/mol. The second-order valence-electron chi connectivity index (χ2n) is 4.70. The summed E-state index contributed by atoms with van der Waals surface area (Å²) in [5, 5.41) is 6.51. The van der Waals surface area contributed by atoms with Crippen LogP contribution in [0.1, 0.15) is 11.1 Å². The number of benzene rings is 2. The summed E-state index contributed by atoms with van der Waals surface area (Å²) in [6.07, 6.45) is 0. The van der Waals surface area contributed by atoms with Crippen LogP contribution in [0.5, 0.6) is 0 Å². The van der Waals surface area contributed by atoms with Crippen molar-refractivity contribution in [3.05, 3.63) is 58.6 Å². The van der Waals surface area contributed by atoms with Crippen LogP contribution in [0, 0.1) is 13.8 Å². The summed E-state index contributed by atoms with van der Waals surface area (Å²) in [7, 11) is 0. The van der Waals surface area contributed by atoms with Gasteiger partial charge in [-0.15, -0.1) is 0 Å². The molecule has 0 fully saturated rings. The van der Waals surface area contributed by atoms with Crippen LogP contribution in [0.15, 0.2) is 42.5 Å². The third-order valence-electron chi connectivity index (χ3n) is 2.97. The molecule has 0 radical (unpaired) electrons. The summed E-state index contributed by atoms with van der Waals surface area (Å²) >= 11 is 6.02. The van der Waals surface area contributed by atoms with Crippen molar-refractivity contribution in [2.45, 2.75) is 13.8 Å². The van der Waals surface area contributed by atoms with E-state index in [9.17, 15) is 4.79 Å². The molecule has 0 saturated carbocycles. The Balaban J connectivity index is 1.94. The standard InChI is InChI=1S/C16H17ClN2O/c1-11-7-8-14(12(2)9-11)19-16(20)10-18-15-6-4-3-5-13(15)17/h3-9,18H,10H2,1-2H3,(H,19,20). The highest BCUT2D eigenvalue weighted by Gasteiger charge is 2.06. The molecular formula is C16H17ClN2O. The minimum atomic E-state index is -0.100. The Bertz CT molecular complexity index is 626. The molecule has 2 aromatic rings. The minimum absolute atomic E-state index is 0.100. The SMILES string of the molecule is Cc1ccc(NC(=O)CNc2ccccc2Cl)c(C)c1. The average molecular weight is 289 g/mol. The second kappa shape index (κ2) is 6.44. The molecule has 20 heavy (non-hydrogen) atoms. The van der Waals surface area contributed by atoms with E-state index in [1.165, 1.54) is 5.56 Å². The molecule has 1 amide bonds. The first kappa shape index (κ1) is 14.4. The molecule has 0 bridgehead atoms. The highest BCUT2D eigenvalue weighted by atomic mass is 35.5. The molecule has 0 aliphatic rings. The molecule has 0 aliphatic heterocycles. The maximum Gasteiger partial charge on any atom is 0.243 e. The van der Waals surface area contributed by atoms with Gasteiger partial charge in [0, 0.05) is 5.69 Å². The fraction of sp³-hybridized carbons (Fsp3) is 0.188. The zero-order chi connectivity index (χ0) is 14.5. The van der Waals surface area contributed by atoms with E-state index in [1.54, 1.807) is 6.07 Å². The zero-order valence-electron chi connectivity index (χ0n) is 11.5. The molecule has 0 heterocycles. The molecule has 3 nitrogen and oxygen atoms in total. The Morgan fingerprint density at radius 3 is 2.55 bits per heavy atom. The van der Waals surface area contributed by atoms with Crippen molar-refractivity contribution >= 4 is 28.9 Å². The van der Waals surface area contributed by atoms with Gasteiger partial charge in [0.1, 0.15) is 0 Å². The number of hydrogen-bond donors (Lipinski definition) is 2. The zero-order valence-corrected chi connectivity index (χ0v) is 12.3. The molecule has 4 heteroatoms. The van der Waals surface area contributed by atoms with Crippen LogP contribution in [0.3, 0.4) is 0 Å². The molecule has 2 aromatic carbocycles. The Morgan fingerprint density at radius 1 is 1.10 bits per heavy atom. The number of nitrogens with one attached hydrogen (secondary N) is 2. The normalized spacial score (nSPS) is 10.2. The maximum absolute atomic E-state index is 11.9. The molecule has 0 aromatic heterocycles. The first-order chi connectivity index (χ1) is 9.56. The molecular weight excluding hydrogens is 272 g/mol. The van der Waals surface area contributed by atoms with Gasteiger partial charge in [-0.2, -0.15) is 0 Å². The number of rotatable bonds is 4. The lowest BCUT2D eigenvalue weighted by molar-refractivity contribution is -0.114. The van der Waals surface area contributed by atoms with Gasteiger partial charge < -0.3 is 10.6 Å². The molecule has 0 saturated heterocycles. The highest BCUT2D eigenvalue weighted by Crippen LogP contribution is 2.20. The van der Waals surface area contributed by atoms with Crippen molar-refractivity contribution in [1.82, 2.24) is 0 Å². The predicted molar refractivity (Wildman–Crippen MR) is 84.5 cm³/mol. The fourth-order valence-electron chi connectivity index (χ4n) is 1.93. The number of anilines is 2. The van der Waals surface area contributed by atoms with E-state index in [2.05, 4.69) is 10.6 Å².